The van der Waals surface area contributed by atoms with Crippen LogP contribution in [0.4, 0.5) is 5.00 Å². The Kier molecular flexibility index (Phi) is 2.96. The highest BCUT2D eigenvalue weighted by Crippen LogP contribution is 2.41. The summed E-state index contributed by atoms with van der Waals surface area (Å²) in [6.45, 7) is 0. The fourth-order valence-electron chi connectivity index (χ4n) is 2.21. The van der Waals surface area contributed by atoms with E-state index in [1.807, 2.05) is 0 Å². The fraction of sp³-hybridized carbons (Fsp3) is 0.455. The van der Waals surface area contributed by atoms with E-state index < -0.39 is 11.9 Å². The molecule has 1 aromatic rings. The summed E-state index contributed by atoms with van der Waals surface area (Å²) >= 11 is 1.50. The normalized spacial score (nSPS) is 19.9. The lowest BCUT2D eigenvalue weighted by Gasteiger charge is -2.19. The van der Waals surface area contributed by atoms with Crippen molar-refractivity contribution < 1.29 is 9.90 Å². The zero-order chi connectivity index (χ0) is 11.7. The molecule has 4 nitrogen and oxygen atoms in total. The first kappa shape index (κ1) is 11.1. The Labute approximate surface area is 97.8 Å². The van der Waals surface area contributed by atoms with Gasteiger partial charge in [-0.1, -0.05) is 0 Å². The summed E-state index contributed by atoms with van der Waals surface area (Å²) in [7, 11) is 1.67. The van der Waals surface area contributed by atoms with Gasteiger partial charge in [0.2, 0.25) is 0 Å². The first-order valence-corrected chi connectivity index (χ1v) is 6.02. The number of carboxylic acids is 1. The number of hydrogen-bond acceptors (Lipinski definition) is 4. The van der Waals surface area contributed by atoms with Crippen LogP contribution >= 0.6 is 11.3 Å². The molecule has 0 aliphatic heterocycles. The van der Waals surface area contributed by atoms with E-state index in [0.29, 0.717) is 11.4 Å². The van der Waals surface area contributed by atoms with Crippen molar-refractivity contribution in [2.75, 3.05) is 12.8 Å². The van der Waals surface area contributed by atoms with Crippen molar-refractivity contribution in [1.82, 2.24) is 0 Å². The summed E-state index contributed by atoms with van der Waals surface area (Å²) in [5.74, 6) is -1.17. The predicted molar refractivity (Wildman–Crippen MR) is 65.6 cm³/mol. The Bertz CT molecular complexity index is 451. The quantitative estimate of drug-likeness (QED) is 0.772. The van der Waals surface area contributed by atoms with Crippen LogP contribution in [0.15, 0.2) is 4.99 Å². The Balaban J connectivity index is 2.56. The van der Waals surface area contributed by atoms with Crippen molar-refractivity contribution in [3.8, 4) is 0 Å². The molecule has 0 saturated carbocycles. The number of carbonyl (C=O) groups is 1. The van der Waals surface area contributed by atoms with E-state index in [1.165, 1.54) is 11.3 Å². The molecular formula is C11H14N2O2S. The van der Waals surface area contributed by atoms with Gasteiger partial charge in [0.1, 0.15) is 0 Å². The third-order valence-electron chi connectivity index (χ3n) is 2.89. The van der Waals surface area contributed by atoms with Crippen LogP contribution in [0.5, 0.6) is 0 Å². The summed E-state index contributed by atoms with van der Waals surface area (Å²) in [6, 6.07) is 0. The second kappa shape index (κ2) is 4.25. The lowest BCUT2D eigenvalue weighted by Crippen LogP contribution is -2.17. The number of fused-ring (bicyclic) bond motifs is 1. The molecule has 16 heavy (non-hydrogen) atoms. The number of hydrogen-bond donors (Lipinski definition) is 2. The topological polar surface area (TPSA) is 75.7 Å². The van der Waals surface area contributed by atoms with Crippen LogP contribution < -0.4 is 5.73 Å². The zero-order valence-corrected chi connectivity index (χ0v) is 9.88. The summed E-state index contributed by atoms with van der Waals surface area (Å²) < 4.78 is 0. The second-order valence-electron chi connectivity index (χ2n) is 3.89. The third kappa shape index (κ3) is 1.71. The van der Waals surface area contributed by atoms with E-state index in [2.05, 4.69) is 4.99 Å². The number of carboxylic acid groups (broad SMARTS) is 1. The van der Waals surface area contributed by atoms with Gasteiger partial charge in [-0.05, 0) is 24.8 Å². The smallest absolute Gasteiger partial charge is 0.311 e. The summed E-state index contributed by atoms with van der Waals surface area (Å²) in [6.07, 6.45) is 4.23. The molecule has 0 fully saturated rings. The highest BCUT2D eigenvalue weighted by molar-refractivity contribution is 7.16. The minimum Gasteiger partial charge on any atom is -0.481 e. The van der Waals surface area contributed by atoms with Gasteiger partial charge in [-0.15, -0.1) is 11.3 Å². The molecular weight excluding hydrogens is 224 g/mol. The van der Waals surface area contributed by atoms with Crippen molar-refractivity contribution in [3.63, 3.8) is 0 Å². The standard InChI is InChI=1S/C11H14N2O2S/c1-13-5-7-9-6(11(14)15)3-2-4-8(9)16-10(7)12/h5-6H,2-4,12H2,1H3,(H,14,15). The van der Waals surface area contributed by atoms with Crippen LogP contribution in [-0.4, -0.2) is 24.3 Å². The minimum absolute atomic E-state index is 0.412. The molecule has 1 atom stereocenters. The van der Waals surface area contributed by atoms with E-state index in [0.717, 1.165) is 28.8 Å². The Morgan fingerprint density at radius 2 is 2.44 bits per heavy atom. The number of nitrogens with zero attached hydrogens (tertiary/aromatic N) is 1. The molecule has 0 radical (unpaired) electrons. The van der Waals surface area contributed by atoms with Crippen molar-refractivity contribution in [2.24, 2.45) is 4.99 Å². The molecule has 1 aromatic heterocycles. The summed E-state index contributed by atoms with van der Waals surface area (Å²) in [5.41, 5.74) is 7.61. The highest BCUT2D eigenvalue weighted by Gasteiger charge is 2.31. The molecule has 5 heteroatoms. The van der Waals surface area contributed by atoms with Gasteiger partial charge in [0, 0.05) is 23.7 Å². The van der Waals surface area contributed by atoms with E-state index in [-0.39, 0.29) is 0 Å². The molecule has 0 aromatic carbocycles. The van der Waals surface area contributed by atoms with Gasteiger partial charge < -0.3 is 10.8 Å². The number of aliphatic carboxylic acids is 1. The first-order chi connectivity index (χ1) is 7.65. The molecule has 1 aliphatic carbocycles. The summed E-state index contributed by atoms with van der Waals surface area (Å²) in [5, 5.41) is 9.89. The molecule has 1 unspecified atom stereocenters. The van der Waals surface area contributed by atoms with Crippen LogP contribution in [0, 0.1) is 0 Å². The van der Waals surface area contributed by atoms with Gasteiger partial charge in [-0.3, -0.25) is 9.79 Å². The lowest BCUT2D eigenvalue weighted by molar-refractivity contribution is -0.139. The maximum Gasteiger partial charge on any atom is 0.311 e. The number of aliphatic imine (C=N–C) groups is 1. The lowest BCUT2D eigenvalue weighted by atomic mass is 9.85. The number of rotatable bonds is 2. The molecule has 1 aliphatic rings. The highest BCUT2D eigenvalue weighted by atomic mass is 32.1. The van der Waals surface area contributed by atoms with Gasteiger partial charge in [-0.25, -0.2) is 0 Å². The monoisotopic (exact) mass is 238 g/mol. The second-order valence-corrected chi connectivity index (χ2v) is 5.02. The first-order valence-electron chi connectivity index (χ1n) is 5.21. The number of nitrogens with two attached hydrogens (primary N) is 1. The van der Waals surface area contributed by atoms with Crippen LogP contribution in [0.3, 0.4) is 0 Å². The largest absolute Gasteiger partial charge is 0.481 e. The average Bonchev–Trinajstić information content (AvgIpc) is 2.55. The van der Waals surface area contributed by atoms with Crippen LogP contribution in [0.1, 0.15) is 34.8 Å². The van der Waals surface area contributed by atoms with Gasteiger partial charge in [-0.2, -0.15) is 0 Å². The van der Waals surface area contributed by atoms with Crippen LogP contribution in [0.2, 0.25) is 0 Å². The van der Waals surface area contributed by atoms with Crippen molar-refractivity contribution in [2.45, 2.75) is 25.2 Å². The zero-order valence-electron chi connectivity index (χ0n) is 9.06. The van der Waals surface area contributed by atoms with Gasteiger partial charge in [0.15, 0.2) is 0 Å². The number of aryl methyl sites for hydroxylation is 1. The predicted octanol–water partition coefficient (Wildman–Crippen LogP) is 1.88. The molecule has 0 bridgehead atoms. The van der Waals surface area contributed by atoms with Gasteiger partial charge >= 0.3 is 5.97 Å². The number of nitrogen functional groups attached to an aromatic ring is 1. The Morgan fingerprint density at radius 3 is 3.06 bits per heavy atom. The van der Waals surface area contributed by atoms with E-state index >= 15 is 0 Å². The minimum atomic E-state index is -0.760. The van der Waals surface area contributed by atoms with Crippen molar-refractivity contribution >= 4 is 28.5 Å². The van der Waals surface area contributed by atoms with Crippen molar-refractivity contribution in [1.29, 1.82) is 0 Å². The number of thiophene rings is 1. The molecule has 0 amide bonds. The Hall–Kier alpha value is -1.36. The maximum atomic E-state index is 11.2. The number of anilines is 1. The third-order valence-corrected chi connectivity index (χ3v) is 4.00. The van der Waals surface area contributed by atoms with Crippen LogP contribution in [0.25, 0.3) is 0 Å². The van der Waals surface area contributed by atoms with Gasteiger partial charge in [0.05, 0.1) is 10.9 Å². The molecule has 0 saturated heterocycles. The van der Waals surface area contributed by atoms with Crippen molar-refractivity contribution in [3.05, 3.63) is 16.0 Å². The molecule has 1 heterocycles. The molecule has 86 valence electrons. The van der Waals surface area contributed by atoms with Crippen LogP contribution in [-0.2, 0) is 11.2 Å². The average molecular weight is 238 g/mol. The maximum absolute atomic E-state index is 11.2. The van der Waals surface area contributed by atoms with E-state index in [9.17, 15) is 9.90 Å². The van der Waals surface area contributed by atoms with Gasteiger partial charge in [0.25, 0.3) is 0 Å². The van der Waals surface area contributed by atoms with E-state index in [4.69, 9.17) is 5.73 Å². The Morgan fingerprint density at radius 1 is 1.69 bits per heavy atom. The molecule has 3 N–H and O–H groups in total. The fourth-order valence-corrected chi connectivity index (χ4v) is 3.36. The summed E-state index contributed by atoms with van der Waals surface area (Å²) in [4.78, 5) is 16.3. The molecule has 2 rings (SSSR count). The molecule has 0 spiro atoms. The van der Waals surface area contributed by atoms with E-state index in [1.54, 1.807) is 13.3 Å². The SMILES string of the molecule is CN=Cc1c(N)sc2c1C(C(=O)O)CCC2.